The second-order valence-corrected chi connectivity index (χ2v) is 3.03. The molecule has 0 unspecified atom stereocenters. The van der Waals surface area contributed by atoms with E-state index in [-0.39, 0.29) is 6.04 Å². The molecule has 0 fully saturated rings. The molecule has 1 rings (SSSR count). The van der Waals surface area contributed by atoms with Gasteiger partial charge in [-0.05, 0) is 13.8 Å². The van der Waals surface area contributed by atoms with Crippen molar-refractivity contribution in [2.45, 2.75) is 19.9 Å². The maximum atomic E-state index is 5.81. The fourth-order valence-electron chi connectivity index (χ4n) is 0.793. The van der Waals surface area contributed by atoms with Crippen molar-refractivity contribution in [3.8, 4) is 0 Å². The SMILES string of the molecule is Cc1nn([C@H](C)CN)cc1Cl. The lowest BCUT2D eigenvalue weighted by atomic mass is 10.3. The Morgan fingerprint density at radius 3 is 2.82 bits per heavy atom. The van der Waals surface area contributed by atoms with Crippen molar-refractivity contribution in [2.24, 2.45) is 5.73 Å². The highest BCUT2D eigenvalue weighted by molar-refractivity contribution is 6.31. The number of nitrogens with zero attached hydrogens (tertiary/aromatic N) is 2. The number of rotatable bonds is 2. The molecule has 0 saturated heterocycles. The molecule has 0 aliphatic carbocycles. The van der Waals surface area contributed by atoms with Crippen molar-refractivity contribution in [3.63, 3.8) is 0 Å². The number of aryl methyl sites for hydroxylation is 1. The van der Waals surface area contributed by atoms with Crippen LogP contribution in [0, 0.1) is 6.92 Å². The molecule has 0 spiro atoms. The van der Waals surface area contributed by atoms with Gasteiger partial charge in [0.1, 0.15) is 0 Å². The second kappa shape index (κ2) is 3.24. The highest BCUT2D eigenvalue weighted by Gasteiger charge is 2.05. The predicted octanol–water partition coefficient (Wildman–Crippen LogP) is 1.36. The third kappa shape index (κ3) is 1.73. The van der Waals surface area contributed by atoms with Gasteiger partial charge < -0.3 is 5.73 Å². The summed E-state index contributed by atoms with van der Waals surface area (Å²) < 4.78 is 1.79. The molecule has 1 heterocycles. The van der Waals surface area contributed by atoms with Crippen molar-refractivity contribution >= 4 is 11.6 Å². The molecule has 3 nitrogen and oxygen atoms in total. The quantitative estimate of drug-likeness (QED) is 0.734. The summed E-state index contributed by atoms with van der Waals surface area (Å²) in [6.07, 6.45) is 1.80. The molecule has 2 N–H and O–H groups in total. The summed E-state index contributed by atoms with van der Waals surface area (Å²) in [6.45, 7) is 4.46. The third-order valence-corrected chi connectivity index (χ3v) is 2.02. The van der Waals surface area contributed by atoms with E-state index in [0.29, 0.717) is 11.6 Å². The molecule has 1 aromatic heterocycles. The van der Waals surface area contributed by atoms with E-state index in [2.05, 4.69) is 5.10 Å². The van der Waals surface area contributed by atoms with Crippen LogP contribution in [0.15, 0.2) is 6.20 Å². The van der Waals surface area contributed by atoms with Crippen LogP contribution in [0.5, 0.6) is 0 Å². The van der Waals surface area contributed by atoms with Gasteiger partial charge in [0, 0.05) is 12.7 Å². The first kappa shape index (κ1) is 8.56. The summed E-state index contributed by atoms with van der Waals surface area (Å²) in [5.41, 5.74) is 6.31. The summed E-state index contributed by atoms with van der Waals surface area (Å²) in [5, 5.41) is 4.89. The van der Waals surface area contributed by atoms with E-state index in [4.69, 9.17) is 17.3 Å². The number of hydrogen-bond acceptors (Lipinski definition) is 2. The normalized spacial score (nSPS) is 13.5. The van der Waals surface area contributed by atoms with E-state index in [9.17, 15) is 0 Å². The first-order valence-corrected chi connectivity index (χ1v) is 3.94. The molecule has 0 saturated carbocycles. The molecule has 0 radical (unpaired) electrons. The van der Waals surface area contributed by atoms with Gasteiger partial charge in [-0.15, -0.1) is 0 Å². The Morgan fingerprint density at radius 1 is 1.82 bits per heavy atom. The number of halogens is 1. The molecule has 0 aliphatic rings. The molecule has 0 aliphatic heterocycles. The van der Waals surface area contributed by atoms with Crippen LogP contribution >= 0.6 is 11.6 Å². The van der Waals surface area contributed by atoms with Crippen LogP contribution in [0.3, 0.4) is 0 Å². The summed E-state index contributed by atoms with van der Waals surface area (Å²) >= 11 is 5.81. The van der Waals surface area contributed by atoms with Gasteiger partial charge in [0.05, 0.1) is 16.8 Å². The summed E-state index contributed by atoms with van der Waals surface area (Å²) in [5.74, 6) is 0. The van der Waals surface area contributed by atoms with E-state index < -0.39 is 0 Å². The molecule has 4 heteroatoms. The average molecular weight is 174 g/mol. The number of hydrogen-bond donors (Lipinski definition) is 1. The largest absolute Gasteiger partial charge is 0.328 e. The van der Waals surface area contributed by atoms with Crippen molar-refractivity contribution in [1.82, 2.24) is 9.78 Å². The second-order valence-electron chi connectivity index (χ2n) is 2.63. The Hall–Kier alpha value is -0.540. The Kier molecular flexibility index (Phi) is 2.52. The highest BCUT2D eigenvalue weighted by Crippen LogP contribution is 2.14. The van der Waals surface area contributed by atoms with E-state index in [0.717, 1.165) is 5.69 Å². The van der Waals surface area contributed by atoms with E-state index in [1.165, 1.54) is 0 Å². The monoisotopic (exact) mass is 173 g/mol. The summed E-state index contributed by atoms with van der Waals surface area (Å²) in [7, 11) is 0. The van der Waals surface area contributed by atoms with Gasteiger partial charge in [-0.25, -0.2) is 0 Å². The Labute approximate surface area is 71.1 Å². The number of aromatic nitrogens is 2. The fourth-order valence-corrected chi connectivity index (χ4v) is 0.931. The maximum Gasteiger partial charge on any atom is 0.0815 e. The zero-order chi connectivity index (χ0) is 8.43. The van der Waals surface area contributed by atoms with E-state index in [1.54, 1.807) is 10.9 Å². The molecule has 11 heavy (non-hydrogen) atoms. The smallest absolute Gasteiger partial charge is 0.0815 e. The first-order valence-electron chi connectivity index (χ1n) is 3.56. The minimum absolute atomic E-state index is 0.223. The molecular weight excluding hydrogens is 162 g/mol. The minimum Gasteiger partial charge on any atom is -0.328 e. The fraction of sp³-hybridized carbons (Fsp3) is 0.571. The molecular formula is C7H12ClN3. The standard InChI is InChI=1S/C7H12ClN3/c1-5(3-9)11-4-7(8)6(2)10-11/h4-5H,3,9H2,1-2H3/t5-/m1/s1. The molecule has 0 aromatic carbocycles. The maximum absolute atomic E-state index is 5.81. The molecule has 1 atom stereocenters. The molecule has 62 valence electrons. The van der Waals surface area contributed by atoms with E-state index >= 15 is 0 Å². The lowest BCUT2D eigenvalue weighted by Gasteiger charge is -2.07. The van der Waals surface area contributed by atoms with Gasteiger partial charge in [0.25, 0.3) is 0 Å². The van der Waals surface area contributed by atoms with Crippen molar-refractivity contribution in [2.75, 3.05) is 6.54 Å². The van der Waals surface area contributed by atoms with Gasteiger partial charge in [0.15, 0.2) is 0 Å². The molecule has 0 bridgehead atoms. The van der Waals surface area contributed by atoms with Gasteiger partial charge in [-0.2, -0.15) is 5.10 Å². The zero-order valence-corrected chi connectivity index (χ0v) is 7.47. The summed E-state index contributed by atoms with van der Waals surface area (Å²) in [6, 6.07) is 0.223. The Balaban J connectivity index is 2.88. The van der Waals surface area contributed by atoms with Crippen LogP contribution in [0.1, 0.15) is 18.7 Å². The lowest BCUT2D eigenvalue weighted by Crippen LogP contribution is -2.16. The van der Waals surface area contributed by atoms with Gasteiger partial charge in [0.2, 0.25) is 0 Å². The Morgan fingerprint density at radius 2 is 2.45 bits per heavy atom. The van der Waals surface area contributed by atoms with Gasteiger partial charge in [-0.1, -0.05) is 11.6 Å². The van der Waals surface area contributed by atoms with Crippen LogP contribution in [0.4, 0.5) is 0 Å². The van der Waals surface area contributed by atoms with Crippen LogP contribution in [0.25, 0.3) is 0 Å². The molecule has 1 aromatic rings. The lowest BCUT2D eigenvalue weighted by molar-refractivity contribution is 0.498. The third-order valence-electron chi connectivity index (χ3n) is 1.65. The van der Waals surface area contributed by atoms with Crippen molar-refractivity contribution in [3.05, 3.63) is 16.9 Å². The van der Waals surface area contributed by atoms with Crippen molar-refractivity contribution in [1.29, 1.82) is 0 Å². The van der Waals surface area contributed by atoms with Gasteiger partial charge >= 0.3 is 0 Å². The Bertz CT molecular complexity index is 224. The predicted molar refractivity (Wildman–Crippen MR) is 45.7 cm³/mol. The number of nitrogens with two attached hydrogens (primary N) is 1. The van der Waals surface area contributed by atoms with Crippen LogP contribution in [0.2, 0.25) is 5.02 Å². The summed E-state index contributed by atoms with van der Waals surface area (Å²) in [4.78, 5) is 0. The van der Waals surface area contributed by atoms with E-state index in [1.807, 2.05) is 13.8 Å². The molecule has 0 amide bonds. The van der Waals surface area contributed by atoms with Crippen LogP contribution < -0.4 is 5.73 Å². The van der Waals surface area contributed by atoms with Gasteiger partial charge in [-0.3, -0.25) is 4.68 Å². The van der Waals surface area contributed by atoms with Crippen LogP contribution in [-0.2, 0) is 0 Å². The minimum atomic E-state index is 0.223. The topological polar surface area (TPSA) is 43.8 Å². The average Bonchev–Trinajstić information content (AvgIpc) is 2.31. The first-order chi connectivity index (χ1) is 5.15. The van der Waals surface area contributed by atoms with Crippen molar-refractivity contribution < 1.29 is 0 Å². The zero-order valence-electron chi connectivity index (χ0n) is 6.71. The highest BCUT2D eigenvalue weighted by atomic mass is 35.5. The van der Waals surface area contributed by atoms with Crippen LogP contribution in [-0.4, -0.2) is 16.3 Å².